The van der Waals surface area contributed by atoms with Crippen molar-refractivity contribution in [3.8, 4) is 29.1 Å². The highest BCUT2D eigenvalue weighted by atomic mass is 19.1. The molecule has 1 saturated heterocycles. The van der Waals surface area contributed by atoms with E-state index in [9.17, 15) is 24.8 Å². The van der Waals surface area contributed by atoms with Crippen molar-refractivity contribution in [2.24, 2.45) is 0 Å². The second kappa shape index (κ2) is 9.53. The first kappa shape index (κ1) is 22.6. The van der Waals surface area contributed by atoms with E-state index in [2.05, 4.69) is 27.4 Å². The third-order valence-electron chi connectivity index (χ3n) is 5.32. The first-order chi connectivity index (χ1) is 16.4. The number of carbonyl (C=O) groups excluding carboxylic acids is 1. The number of nitrogens with one attached hydrogen (secondary N) is 1. The predicted molar refractivity (Wildman–Crippen MR) is 119 cm³/mol. The summed E-state index contributed by atoms with van der Waals surface area (Å²) in [5.41, 5.74) is 1.70. The minimum absolute atomic E-state index is 0.0180. The number of hydrogen-bond donors (Lipinski definition) is 2. The van der Waals surface area contributed by atoms with Gasteiger partial charge in [0.1, 0.15) is 41.4 Å². The minimum atomic E-state index is -0.553. The van der Waals surface area contributed by atoms with Crippen molar-refractivity contribution >= 4 is 11.7 Å². The largest absolute Gasteiger partial charge is 0.472 e. The van der Waals surface area contributed by atoms with Gasteiger partial charge in [0.2, 0.25) is 5.88 Å². The second-order valence-electron chi connectivity index (χ2n) is 7.57. The molecule has 0 saturated carbocycles. The zero-order valence-electron chi connectivity index (χ0n) is 18.1. The van der Waals surface area contributed by atoms with Gasteiger partial charge in [-0.1, -0.05) is 12.1 Å². The average Bonchev–Trinajstić information content (AvgIpc) is 2.84. The van der Waals surface area contributed by atoms with Crippen LogP contribution < -0.4 is 15.0 Å². The molecule has 1 aliphatic heterocycles. The number of benzene rings is 1. The maximum absolute atomic E-state index is 13.5. The lowest BCUT2D eigenvalue weighted by molar-refractivity contribution is 0.0958. The number of nitrogens with zero attached hydrogens (tertiary/aromatic N) is 5. The molecule has 9 nitrogen and oxygen atoms in total. The Morgan fingerprint density at radius 3 is 2.56 bits per heavy atom. The summed E-state index contributed by atoms with van der Waals surface area (Å²) in [5.74, 6) is -0.562. The number of nitriles is 2. The van der Waals surface area contributed by atoms with Gasteiger partial charge in [-0.25, -0.2) is 4.39 Å². The third kappa shape index (κ3) is 4.35. The maximum Gasteiger partial charge on any atom is 0.269 e. The highest BCUT2D eigenvalue weighted by Crippen LogP contribution is 2.38. The number of rotatable bonds is 6. The Hall–Kier alpha value is -4.54. The zero-order valence-corrected chi connectivity index (χ0v) is 18.1. The SMILES string of the molecule is CNC(=O)c1cc(COc2nc(N3CC(O)C3)c(C#N)c(-c3ccc(F)cc3)c2C#N)ccn1. The molecule has 170 valence electrons. The molecule has 3 heterocycles. The number of carbonyl (C=O) groups is 1. The van der Waals surface area contributed by atoms with E-state index >= 15 is 0 Å². The van der Waals surface area contributed by atoms with E-state index in [1.54, 1.807) is 17.0 Å². The third-order valence-corrected chi connectivity index (χ3v) is 5.32. The van der Waals surface area contributed by atoms with E-state index in [4.69, 9.17) is 4.74 Å². The fraction of sp³-hybridized carbons (Fsp3) is 0.208. The normalized spacial score (nSPS) is 12.9. The number of pyridine rings is 2. The van der Waals surface area contributed by atoms with Gasteiger partial charge >= 0.3 is 0 Å². The highest BCUT2D eigenvalue weighted by molar-refractivity contribution is 5.92. The molecule has 0 aliphatic carbocycles. The van der Waals surface area contributed by atoms with Crippen LogP contribution in [0.5, 0.6) is 5.88 Å². The molecule has 1 aliphatic rings. The fourth-order valence-electron chi connectivity index (χ4n) is 3.60. The van der Waals surface area contributed by atoms with Crippen molar-refractivity contribution in [3.05, 3.63) is 70.8 Å². The van der Waals surface area contributed by atoms with Gasteiger partial charge in [0, 0.05) is 31.9 Å². The molecule has 1 fully saturated rings. The highest BCUT2D eigenvalue weighted by Gasteiger charge is 2.32. The lowest BCUT2D eigenvalue weighted by atomic mass is 9.95. The molecule has 2 aromatic heterocycles. The Morgan fingerprint density at radius 1 is 1.24 bits per heavy atom. The number of aliphatic hydroxyl groups is 1. The van der Waals surface area contributed by atoms with Crippen molar-refractivity contribution in [3.63, 3.8) is 0 Å². The molecule has 0 atom stereocenters. The van der Waals surface area contributed by atoms with Crippen molar-refractivity contribution in [2.45, 2.75) is 12.7 Å². The standard InChI is InChI=1S/C24H19FN6O3/c1-28-23(33)20-8-14(6-7-29-20)13-34-24-19(10-27)21(15-2-4-16(25)5-3-15)18(9-26)22(30-24)31-11-17(32)12-31/h2-8,17,32H,11-13H2,1H3,(H,28,33). The van der Waals surface area contributed by atoms with Gasteiger partial charge in [-0.3, -0.25) is 9.78 Å². The van der Waals surface area contributed by atoms with Crippen LogP contribution in [0.15, 0.2) is 42.6 Å². The minimum Gasteiger partial charge on any atom is -0.472 e. The molecule has 0 unspecified atom stereocenters. The number of amides is 1. The Balaban J connectivity index is 1.79. The molecular formula is C24H19FN6O3. The number of anilines is 1. The summed E-state index contributed by atoms with van der Waals surface area (Å²) in [6.45, 7) is 0.524. The average molecular weight is 458 g/mol. The predicted octanol–water partition coefficient (Wildman–Crippen LogP) is 2.15. The van der Waals surface area contributed by atoms with Gasteiger partial charge in [0.15, 0.2) is 5.82 Å². The van der Waals surface area contributed by atoms with Gasteiger partial charge in [-0.15, -0.1) is 0 Å². The summed E-state index contributed by atoms with van der Waals surface area (Å²) in [6.07, 6.45) is 0.917. The number of halogens is 1. The Morgan fingerprint density at radius 2 is 1.94 bits per heavy atom. The van der Waals surface area contributed by atoms with Crippen LogP contribution >= 0.6 is 0 Å². The van der Waals surface area contributed by atoms with Crippen LogP contribution in [-0.4, -0.2) is 47.2 Å². The number of aliphatic hydroxyl groups excluding tert-OH is 1. The molecule has 34 heavy (non-hydrogen) atoms. The molecule has 1 aromatic carbocycles. The molecule has 0 radical (unpaired) electrons. The van der Waals surface area contributed by atoms with Gasteiger partial charge in [0.25, 0.3) is 5.91 Å². The van der Waals surface area contributed by atoms with Crippen molar-refractivity contribution in [1.29, 1.82) is 10.5 Å². The number of hydrogen-bond acceptors (Lipinski definition) is 8. The Labute approximate surface area is 194 Å². The summed E-state index contributed by atoms with van der Waals surface area (Å²) >= 11 is 0. The maximum atomic E-state index is 13.5. The molecule has 3 aromatic rings. The second-order valence-corrected chi connectivity index (χ2v) is 7.57. The molecular weight excluding hydrogens is 439 g/mol. The molecule has 10 heteroatoms. The summed E-state index contributed by atoms with van der Waals surface area (Å²) in [4.78, 5) is 22.0. The lowest BCUT2D eigenvalue weighted by Crippen LogP contribution is -2.51. The van der Waals surface area contributed by atoms with Crippen LogP contribution in [0.3, 0.4) is 0 Å². The van der Waals surface area contributed by atoms with Gasteiger partial charge in [-0.05, 0) is 35.4 Å². The lowest BCUT2D eigenvalue weighted by Gasteiger charge is -2.37. The summed E-state index contributed by atoms with van der Waals surface area (Å²) in [5, 5.41) is 32.1. The molecule has 0 bridgehead atoms. The fourth-order valence-corrected chi connectivity index (χ4v) is 3.60. The van der Waals surface area contributed by atoms with Crippen molar-refractivity contribution in [1.82, 2.24) is 15.3 Å². The van der Waals surface area contributed by atoms with Crippen LogP contribution in [0.2, 0.25) is 0 Å². The van der Waals surface area contributed by atoms with E-state index < -0.39 is 11.9 Å². The van der Waals surface area contributed by atoms with Crippen LogP contribution in [0, 0.1) is 28.5 Å². The van der Waals surface area contributed by atoms with Crippen LogP contribution in [0.25, 0.3) is 11.1 Å². The first-order valence-electron chi connectivity index (χ1n) is 10.3. The topological polar surface area (TPSA) is 135 Å². The number of aromatic nitrogens is 2. The van der Waals surface area contributed by atoms with E-state index in [0.29, 0.717) is 11.1 Å². The molecule has 0 spiro atoms. The van der Waals surface area contributed by atoms with E-state index in [0.717, 1.165) is 0 Å². The van der Waals surface area contributed by atoms with Crippen molar-refractivity contribution in [2.75, 3.05) is 25.0 Å². The van der Waals surface area contributed by atoms with E-state index in [-0.39, 0.29) is 59.7 Å². The zero-order chi connectivity index (χ0) is 24.2. The van der Waals surface area contributed by atoms with Gasteiger partial charge in [-0.2, -0.15) is 15.5 Å². The quantitative estimate of drug-likeness (QED) is 0.574. The monoisotopic (exact) mass is 458 g/mol. The van der Waals surface area contributed by atoms with Gasteiger partial charge in [0.05, 0.1) is 6.10 Å². The van der Waals surface area contributed by atoms with Crippen LogP contribution in [0.4, 0.5) is 10.2 Å². The summed E-state index contributed by atoms with van der Waals surface area (Å²) < 4.78 is 19.4. The number of ether oxygens (including phenoxy) is 1. The van der Waals surface area contributed by atoms with Crippen LogP contribution in [-0.2, 0) is 6.61 Å². The molecule has 2 N–H and O–H groups in total. The molecule has 1 amide bonds. The van der Waals surface area contributed by atoms with E-state index in [1.807, 2.05) is 0 Å². The summed E-state index contributed by atoms with van der Waals surface area (Å²) in [6, 6.07) is 12.8. The Kier molecular flexibility index (Phi) is 6.35. The summed E-state index contributed by atoms with van der Waals surface area (Å²) in [7, 11) is 1.50. The van der Waals surface area contributed by atoms with Crippen LogP contribution in [0.1, 0.15) is 27.2 Å². The number of β-amino-alcohol motifs (C(OH)–C–C–N with tert-alkyl or cyclic N) is 1. The first-order valence-corrected chi connectivity index (χ1v) is 10.3. The smallest absolute Gasteiger partial charge is 0.269 e. The molecule has 4 rings (SSSR count). The van der Waals surface area contributed by atoms with Crippen molar-refractivity contribution < 1.29 is 19.0 Å². The Bertz CT molecular complexity index is 1320. The van der Waals surface area contributed by atoms with E-state index in [1.165, 1.54) is 37.5 Å². The van der Waals surface area contributed by atoms with Gasteiger partial charge < -0.3 is 20.1 Å².